The van der Waals surface area contributed by atoms with E-state index in [1.54, 1.807) is 6.92 Å². The zero-order valence-corrected chi connectivity index (χ0v) is 10.2. The van der Waals surface area contributed by atoms with Gasteiger partial charge in [-0.1, -0.05) is 0 Å². The average molecular weight is 241 g/mol. The van der Waals surface area contributed by atoms with Crippen molar-refractivity contribution in [3.63, 3.8) is 0 Å². The second kappa shape index (κ2) is 4.27. The number of urea groups is 1. The molecule has 3 N–H and O–H groups in total. The number of imide groups is 1. The van der Waals surface area contributed by atoms with Gasteiger partial charge in [-0.05, 0) is 25.7 Å². The molecule has 2 aliphatic rings. The van der Waals surface area contributed by atoms with Crippen molar-refractivity contribution < 1.29 is 14.7 Å². The second-order valence-corrected chi connectivity index (χ2v) is 5.03. The number of aliphatic hydroxyl groups is 1. The van der Waals surface area contributed by atoms with E-state index in [9.17, 15) is 14.7 Å². The first kappa shape index (κ1) is 12.3. The van der Waals surface area contributed by atoms with Crippen molar-refractivity contribution in [2.45, 2.75) is 31.4 Å². The van der Waals surface area contributed by atoms with Crippen molar-refractivity contribution in [2.75, 3.05) is 20.1 Å². The molecule has 0 radical (unpaired) electrons. The Morgan fingerprint density at radius 2 is 2.00 bits per heavy atom. The molecular weight excluding hydrogens is 222 g/mol. The van der Waals surface area contributed by atoms with Crippen molar-refractivity contribution in [1.82, 2.24) is 15.5 Å². The highest BCUT2D eigenvalue weighted by Crippen LogP contribution is 2.44. The van der Waals surface area contributed by atoms with E-state index in [-0.39, 0.29) is 11.9 Å². The number of carbonyl (C=O) groups excluding carboxylic acids is 2. The SMILES string of the molecule is CNC(=O)NC(=O)C(C)N1CC(O)(C2CC2)C1. The highest BCUT2D eigenvalue weighted by molar-refractivity contribution is 5.96. The topological polar surface area (TPSA) is 81.7 Å². The normalized spacial score (nSPS) is 24.6. The molecule has 2 fully saturated rings. The Morgan fingerprint density at radius 3 is 2.47 bits per heavy atom. The highest BCUT2D eigenvalue weighted by Gasteiger charge is 2.53. The standard InChI is InChI=1S/C11H19N3O3/c1-7(9(15)13-10(16)12-2)14-5-11(17,6-14)8-3-4-8/h7-8,17H,3-6H2,1-2H3,(H2,12,13,15,16). The molecule has 17 heavy (non-hydrogen) atoms. The lowest BCUT2D eigenvalue weighted by Gasteiger charge is -2.49. The maximum absolute atomic E-state index is 11.6. The fraction of sp³-hybridized carbons (Fsp3) is 0.818. The summed E-state index contributed by atoms with van der Waals surface area (Å²) >= 11 is 0. The van der Waals surface area contributed by atoms with Crippen LogP contribution in [0.15, 0.2) is 0 Å². The lowest BCUT2D eigenvalue weighted by Crippen LogP contribution is -2.67. The van der Waals surface area contributed by atoms with Crippen LogP contribution >= 0.6 is 0 Å². The quantitative estimate of drug-likeness (QED) is 0.609. The molecule has 1 saturated carbocycles. The molecule has 1 atom stereocenters. The van der Waals surface area contributed by atoms with Gasteiger partial charge in [-0.2, -0.15) is 0 Å². The first-order valence-electron chi connectivity index (χ1n) is 5.95. The molecule has 96 valence electrons. The Bertz CT molecular complexity index is 335. The summed E-state index contributed by atoms with van der Waals surface area (Å²) in [6.45, 7) is 2.80. The summed E-state index contributed by atoms with van der Waals surface area (Å²) in [5.74, 6) is 0.0788. The van der Waals surface area contributed by atoms with Crippen LogP contribution in [-0.4, -0.2) is 53.7 Å². The van der Waals surface area contributed by atoms with Gasteiger partial charge in [-0.25, -0.2) is 4.79 Å². The number of hydrogen-bond acceptors (Lipinski definition) is 4. The third kappa shape index (κ3) is 2.42. The molecule has 0 aromatic heterocycles. The van der Waals surface area contributed by atoms with E-state index in [0.717, 1.165) is 12.8 Å². The molecule has 2 rings (SSSR count). The summed E-state index contributed by atoms with van der Waals surface area (Å²) in [5.41, 5.74) is -0.596. The molecule has 6 heteroatoms. The molecule has 1 unspecified atom stereocenters. The maximum Gasteiger partial charge on any atom is 0.321 e. The van der Waals surface area contributed by atoms with Crippen molar-refractivity contribution in [3.05, 3.63) is 0 Å². The number of nitrogens with one attached hydrogen (secondary N) is 2. The van der Waals surface area contributed by atoms with Crippen LogP contribution in [0.25, 0.3) is 0 Å². The number of rotatable bonds is 3. The lowest BCUT2D eigenvalue weighted by atomic mass is 9.87. The Hall–Kier alpha value is -1.14. The molecule has 1 saturated heterocycles. The van der Waals surface area contributed by atoms with Crippen molar-refractivity contribution in [3.8, 4) is 0 Å². The summed E-state index contributed by atoms with van der Waals surface area (Å²) in [7, 11) is 1.46. The highest BCUT2D eigenvalue weighted by atomic mass is 16.3. The van der Waals surface area contributed by atoms with Crippen LogP contribution in [-0.2, 0) is 4.79 Å². The van der Waals surface area contributed by atoms with Crippen LogP contribution < -0.4 is 10.6 Å². The molecule has 6 nitrogen and oxygen atoms in total. The zero-order chi connectivity index (χ0) is 12.6. The number of amides is 3. The molecule has 0 aromatic carbocycles. The minimum atomic E-state index is -0.596. The third-order valence-electron chi connectivity index (χ3n) is 3.68. The van der Waals surface area contributed by atoms with E-state index in [1.807, 2.05) is 4.90 Å². The smallest absolute Gasteiger partial charge is 0.321 e. The molecule has 1 aliphatic heterocycles. The Kier molecular flexibility index (Phi) is 3.09. The molecule has 1 heterocycles. The monoisotopic (exact) mass is 241 g/mol. The van der Waals surface area contributed by atoms with Gasteiger partial charge in [-0.15, -0.1) is 0 Å². The van der Waals surface area contributed by atoms with Crippen LogP contribution in [0.2, 0.25) is 0 Å². The summed E-state index contributed by atoms with van der Waals surface area (Å²) in [4.78, 5) is 24.5. The second-order valence-electron chi connectivity index (χ2n) is 5.03. The Morgan fingerprint density at radius 1 is 1.41 bits per heavy atom. The van der Waals surface area contributed by atoms with Gasteiger partial charge in [0.05, 0.1) is 11.6 Å². The third-order valence-corrected chi connectivity index (χ3v) is 3.68. The van der Waals surface area contributed by atoms with Gasteiger partial charge < -0.3 is 10.4 Å². The number of nitrogens with zero attached hydrogens (tertiary/aromatic N) is 1. The van der Waals surface area contributed by atoms with Crippen molar-refractivity contribution in [1.29, 1.82) is 0 Å². The Labute approximate surface area is 100 Å². The van der Waals surface area contributed by atoms with Crippen molar-refractivity contribution >= 4 is 11.9 Å². The minimum Gasteiger partial charge on any atom is -0.387 e. The molecule has 0 bridgehead atoms. The maximum atomic E-state index is 11.6. The van der Waals surface area contributed by atoms with Gasteiger partial charge in [0.15, 0.2) is 0 Å². The average Bonchev–Trinajstić information content (AvgIpc) is 3.07. The van der Waals surface area contributed by atoms with Crippen LogP contribution in [0.3, 0.4) is 0 Å². The molecule has 0 spiro atoms. The van der Waals surface area contributed by atoms with Crippen molar-refractivity contribution in [2.24, 2.45) is 5.92 Å². The number of carbonyl (C=O) groups is 2. The first-order valence-corrected chi connectivity index (χ1v) is 5.95. The number of hydrogen-bond donors (Lipinski definition) is 3. The largest absolute Gasteiger partial charge is 0.387 e. The summed E-state index contributed by atoms with van der Waals surface area (Å²) in [6, 6.07) is -0.883. The summed E-state index contributed by atoms with van der Waals surface area (Å²) < 4.78 is 0. The van der Waals surface area contributed by atoms with E-state index in [1.165, 1.54) is 7.05 Å². The van der Waals surface area contributed by atoms with Crippen LogP contribution in [0.1, 0.15) is 19.8 Å². The molecule has 1 aliphatic carbocycles. The fourth-order valence-corrected chi connectivity index (χ4v) is 2.25. The van der Waals surface area contributed by atoms with Gasteiger partial charge >= 0.3 is 6.03 Å². The molecule has 0 aromatic rings. The van der Waals surface area contributed by atoms with Gasteiger partial charge in [0.1, 0.15) is 0 Å². The summed E-state index contributed by atoms with van der Waals surface area (Å²) in [5, 5.41) is 14.7. The van der Waals surface area contributed by atoms with E-state index >= 15 is 0 Å². The van der Waals surface area contributed by atoms with Gasteiger partial charge in [0, 0.05) is 20.1 Å². The minimum absolute atomic E-state index is 0.331. The lowest BCUT2D eigenvalue weighted by molar-refractivity contribution is -0.146. The van der Waals surface area contributed by atoms with E-state index < -0.39 is 11.6 Å². The first-order chi connectivity index (χ1) is 7.96. The van der Waals surface area contributed by atoms with E-state index in [0.29, 0.717) is 19.0 Å². The number of likely N-dealkylation sites (tertiary alicyclic amines) is 1. The predicted octanol–water partition coefficient (Wildman–Crippen LogP) is -0.713. The van der Waals surface area contributed by atoms with Gasteiger partial charge in [0.2, 0.25) is 5.91 Å². The van der Waals surface area contributed by atoms with Gasteiger partial charge in [-0.3, -0.25) is 15.0 Å². The van der Waals surface area contributed by atoms with Crippen LogP contribution in [0, 0.1) is 5.92 Å². The van der Waals surface area contributed by atoms with Crippen LogP contribution in [0.4, 0.5) is 4.79 Å². The van der Waals surface area contributed by atoms with Gasteiger partial charge in [0.25, 0.3) is 0 Å². The van der Waals surface area contributed by atoms with E-state index in [2.05, 4.69) is 10.6 Å². The molecule has 3 amide bonds. The predicted molar refractivity (Wildman–Crippen MR) is 61.3 cm³/mol. The molecular formula is C11H19N3O3. The van der Waals surface area contributed by atoms with Crippen LogP contribution in [0.5, 0.6) is 0 Å². The Balaban J connectivity index is 1.79. The zero-order valence-electron chi connectivity index (χ0n) is 10.2. The van der Waals surface area contributed by atoms with E-state index in [4.69, 9.17) is 0 Å². The summed E-state index contributed by atoms with van der Waals surface area (Å²) in [6.07, 6.45) is 2.17. The fourth-order valence-electron chi connectivity index (χ4n) is 2.25. The number of β-amino-alcohol motifs (C(OH)–C–C–N with tert-alkyl or cyclic N) is 1.